The number of nitrogens with one attached hydrogen (secondary N) is 1. The van der Waals surface area contributed by atoms with E-state index in [-0.39, 0.29) is 18.7 Å². The Morgan fingerprint density at radius 3 is 2.67 bits per heavy atom. The Morgan fingerprint density at radius 2 is 2.00 bits per heavy atom. The summed E-state index contributed by atoms with van der Waals surface area (Å²) in [4.78, 5) is 26.4. The number of carbonyl (C=O) groups is 2. The fourth-order valence-electron chi connectivity index (χ4n) is 1.60. The van der Waals surface area contributed by atoms with E-state index in [9.17, 15) is 9.59 Å². The second-order valence-corrected chi connectivity index (χ2v) is 5.86. The molecule has 1 aromatic carbocycles. The van der Waals surface area contributed by atoms with Gasteiger partial charge in [-0.3, -0.25) is 9.59 Å². The fourth-order valence-corrected chi connectivity index (χ4v) is 2.65. The summed E-state index contributed by atoms with van der Waals surface area (Å²) >= 11 is 12.9. The Kier molecular flexibility index (Phi) is 5.17. The Bertz CT molecular complexity index is 688. The third-order valence-electron chi connectivity index (χ3n) is 2.48. The summed E-state index contributed by atoms with van der Waals surface area (Å²) in [6.07, 6.45) is -0.0378. The highest BCUT2D eigenvalue weighted by atomic mass is 35.5. The molecule has 0 saturated heterocycles. The number of hydrogen-bond donors (Lipinski definition) is 2. The molecular weight excluding hydrogens is 335 g/mol. The molecule has 1 aromatic heterocycles. The molecule has 1 heterocycles. The Balaban J connectivity index is 1.96. The van der Waals surface area contributed by atoms with Gasteiger partial charge in [0.15, 0.2) is 5.13 Å². The van der Waals surface area contributed by atoms with E-state index in [0.29, 0.717) is 20.9 Å². The predicted octanol–water partition coefficient (Wildman–Crippen LogP) is 3.26. The van der Waals surface area contributed by atoms with Crippen LogP contribution in [0, 0.1) is 0 Å². The third kappa shape index (κ3) is 4.70. The zero-order valence-corrected chi connectivity index (χ0v) is 12.9. The first kappa shape index (κ1) is 15.8. The number of hydrogen-bond acceptors (Lipinski definition) is 4. The molecule has 21 heavy (non-hydrogen) atoms. The van der Waals surface area contributed by atoms with Gasteiger partial charge in [-0.2, -0.15) is 0 Å². The van der Waals surface area contributed by atoms with E-state index in [4.69, 9.17) is 28.3 Å². The third-order valence-corrected chi connectivity index (χ3v) is 4.02. The molecular formula is C13H10Cl2N2O3S. The van der Waals surface area contributed by atoms with Gasteiger partial charge in [-0.05, 0) is 17.7 Å². The molecule has 110 valence electrons. The average Bonchev–Trinajstić information content (AvgIpc) is 2.80. The Morgan fingerprint density at radius 1 is 1.24 bits per heavy atom. The summed E-state index contributed by atoms with van der Waals surface area (Å²) in [5.74, 6) is -1.22. The number of aliphatic carboxylic acids is 1. The van der Waals surface area contributed by atoms with Crippen molar-refractivity contribution < 1.29 is 14.7 Å². The van der Waals surface area contributed by atoms with Gasteiger partial charge in [0.1, 0.15) is 0 Å². The number of aromatic nitrogens is 1. The van der Waals surface area contributed by atoms with Crippen LogP contribution < -0.4 is 5.32 Å². The lowest BCUT2D eigenvalue weighted by Gasteiger charge is -2.03. The van der Waals surface area contributed by atoms with Crippen molar-refractivity contribution in [1.82, 2.24) is 4.98 Å². The lowest BCUT2D eigenvalue weighted by molar-refractivity contribution is -0.136. The number of halogens is 2. The molecule has 5 nitrogen and oxygen atoms in total. The SMILES string of the molecule is O=C(O)Cc1csc(NC(=O)Cc2ccc(Cl)c(Cl)c2)n1. The molecule has 2 N–H and O–H groups in total. The first-order valence-electron chi connectivity index (χ1n) is 5.84. The first-order chi connectivity index (χ1) is 9.94. The molecule has 2 rings (SSSR count). The molecule has 2 aromatic rings. The normalized spacial score (nSPS) is 10.4. The number of anilines is 1. The molecule has 0 aliphatic carbocycles. The lowest BCUT2D eigenvalue weighted by Crippen LogP contribution is -2.14. The van der Waals surface area contributed by atoms with Crippen LogP contribution in [0.1, 0.15) is 11.3 Å². The van der Waals surface area contributed by atoms with Crippen molar-refractivity contribution in [3.05, 3.63) is 44.9 Å². The molecule has 1 amide bonds. The van der Waals surface area contributed by atoms with Gasteiger partial charge < -0.3 is 10.4 Å². The van der Waals surface area contributed by atoms with Gasteiger partial charge in [0.05, 0.1) is 28.6 Å². The quantitative estimate of drug-likeness (QED) is 0.872. The van der Waals surface area contributed by atoms with Crippen LogP contribution in [0.4, 0.5) is 5.13 Å². The van der Waals surface area contributed by atoms with Crippen molar-refractivity contribution in [1.29, 1.82) is 0 Å². The molecule has 8 heteroatoms. The molecule has 0 fully saturated rings. The van der Waals surface area contributed by atoms with Crippen molar-refractivity contribution >= 4 is 51.5 Å². The average molecular weight is 345 g/mol. The van der Waals surface area contributed by atoms with E-state index in [1.807, 2.05) is 0 Å². The fraction of sp³-hybridized carbons (Fsp3) is 0.154. The van der Waals surface area contributed by atoms with Crippen molar-refractivity contribution in [3.8, 4) is 0 Å². The van der Waals surface area contributed by atoms with Crippen LogP contribution >= 0.6 is 34.5 Å². The molecule has 0 atom stereocenters. The van der Waals surface area contributed by atoms with Crippen LogP contribution in [-0.4, -0.2) is 22.0 Å². The van der Waals surface area contributed by atoms with Gasteiger partial charge in [0.2, 0.25) is 5.91 Å². The van der Waals surface area contributed by atoms with E-state index in [1.165, 1.54) is 11.3 Å². The van der Waals surface area contributed by atoms with Crippen LogP contribution in [-0.2, 0) is 22.4 Å². The number of rotatable bonds is 5. The summed E-state index contributed by atoms with van der Waals surface area (Å²) < 4.78 is 0. The van der Waals surface area contributed by atoms with Crippen LogP contribution in [0.5, 0.6) is 0 Å². The zero-order chi connectivity index (χ0) is 15.4. The minimum absolute atomic E-state index is 0.130. The number of thiazole rings is 1. The number of nitrogens with zero attached hydrogens (tertiary/aromatic N) is 1. The van der Waals surface area contributed by atoms with Gasteiger partial charge in [-0.25, -0.2) is 4.98 Å². The number of benzene rings is 1. The number of amides is 1. The molecule has 0 bridgehead atoms. The van der Waals surface area contributed by atoms with Crippen LogP contribution in [0.25, 0.3) is 0 Å². The maximum absolute atomic E-state index is 11.9. The number of carboxylic acids is 1. The van der Waals surface area contributed by atoms with Crippen molar-refractivity contribution in [2.45, 2.75) is 12.8 Å². The summed E-state index contributed by atoms with van der Waals surface area (Å²) in [7, 11) is 0. The zero-order valence-electron chi connectivity index (χ0n) is 10.6. The van der Waals surface area contributed by atoms with E-state index in [2.05, 4.69) is 10.3 Å². The van der Waals surface area contributed by atoms with Gasteiger partial charge in [0, 0.05) is 5.38 Å². The largest absolute Gasteiger partial charge is 0.481 e. The minimum atomic E-state index is -0.964. The van der Waals surface area contributed by atoms with Gasteiger partial charge >= 0.3 is 5.97 Å². The second kappa shape index (κ2) is 6.89. The molecule has 0 aliphatic rings. The summed E-state index contributed by atoms with van der Waals surface area (Å²) in [6.45, 7) is 0. The first-order valence-corrected chi connectivity index (χ1v) is 7.47. The number of carboxylic acid groups (broad SMARTS) is 1. The maximum Gasteiger partial charge on any atom is 0.309 e. The summed E-state index contributed by atoms with van der Waals surface area (Å²) in [6, 6.07) is 4.97. The van der Waals surface area contributed by atoms with Gasteiger partial charge in [-0.15, -0.1) is 11.3 Å². The van der Waals surface area contributed by atoms with E-state index in [0.717, 1.165) is 5.56 Å². The van der Waals surface area contributed by atoms with Crippen LogP contribution in [0.2, 0.25) is 10.0 Å². The van der Waals surface area contributed by atoms with Crippen LogP contribution in [0.15, 0.2) is 23.6 Å². The highest BCUT2D eigenvalue weighted by Crippen LogP contribution is 2.23. The lowest BCUT2D eigenvalue weighted by atomic mass is 10.1. The molecule has 0 aliphatic heterocycles. The Hall–Kier alpha value is -1.63. The summed E-state index contributed by atoms with van der Waals surface area (Å²) in [5, 5.41) is 14.1. The van der Waals surface area contributed by atoms with Crippen molar-refractivity contribution in [3.63, 3.8) is 0 Å². The predicted molar refractivity (Wildman–Crippen MR) is 82.2 cm³/mol. The highest BCUT2D eigenvalue weighted by Gasteiger charge is 2.10. The minimum Gasteiger partial charge on any atom is -0.481 e. The molecule has 0 radical (unpaired) electrons. The van der Waals surface area contributed by atoms with Crippen LogP contribution in [0.3, 0.4) is 0 Å². The monoisotopic (exact) mass is 344 g/mol. The van der Waals surface area contributed by atoms with E-state index < -0.39 is 5.97 Å². The molecule has 0 saturated carbocycles. The van der Waals surface area contributed by atoms with E-state index >= 15 is 0 Å². The topological polar surface area (TPSA) is 79.3 Å². The standard InChI is InChI=1S/C13H10Cl2N2O3S/c14-9-2-1-7(3-10(9)15)4-11(18)17-13-16-8(6-21-13)5-12(19)20/h1-3,6H,4-5H2,(H,19,20)(H,16,17,18). The summed E-state index contributed by atoms with van der Waals surface area (Å²) in [5.41, 5.74) is 1.14. The smallest absolute Gasteiger partial charge is 0.309 e. The molecule has 0 unspecified atom stereocenters. The molecule has 0 spiro atoms. The second-order valence-electron chi connectivity index (χ2n) is 4.19. The van der Waals surface area contributed by atoms with Crippen molar-refractivity contribution in [2.75, 3.05) is 5.32 Å². The van der Waals surface area contributed by atoms with Gasteiger partial charge in [-0.1, -0.05) is 29.3 Å². The van der Waals surface area contributed by atoms with Gasteiger partial charge in [0.25, 0.3) is 0 Å². The highest BCUT2D eigenvalue weighted by molar-refractivity contribution is 7.13. The number of carbonyl (C=O) groups excluding carboxylic acids is 1. The Labute approximate surface area is 134 Å². The van der Waals surface area contributed by atoms with E-state index in [1.54, 1.807) is 23.6 Å². The maximum atomic E-state index is 11.9. The van der Waals surface area contributed by atoms with Crippen molar-refractivity contribution in [2.24, 2.45) is 0 Å².